The molecule has 0 saturated heterocycles. The Labute approximate surface area is 98.1 Å². The lowest BCUT2D eigenvalue weighted by Gasteiger charge is -2.01. The van der Waals surface area contributed by atoms with Crippen LogP contribution in [0, 0.1) is 0 Å². The highest BCUT2D eigenvalue weighted by molar-refractivity contribution is 7.17. The van der Waals surface area contributed by atoms with Crippen molar-refractivity contribution in [1.82, 2.24) is 9.38 Å². The zero-order valence-corrected chi connectivity index (χ0v) is 10.3. The summed E-state index contributed by atoms with van der Waals surface area (Å²) in [5.41, 5.74) is 3.03. The molecule has 4 heteroatoms. The molecule has 0 fully saturated rings. The van der Waals surface area contributed by atoms with Gasteiger partial charge in [0.25, 0.3) is 0 Å². The lowest BCUT2D eigenvalue weighted by molar-refractivity contribution is 0.111. The van der Waals surface area contributed by atoms with E-state index in [-0.39, 0.29) is 0 Å². The van der Waals surface area contributed by atoms with E-state index < -0.39 is 0 Å². The van der Waals surface area contributed by atoms with Crippen LogP contribution >= 0.6 is 11.3 Å². The first-order valence-corrected chi connectivity index (χ1v) is 6.52. The summed E-state index contributed by atoms with van der Waals surface area (Å²) in [6.45, 7) is 4.17. The lowest BCUT2D eigenvalue weighted by atomic mass is 10.1. The summed E-state index contributed by atoms with van der Waals surface area (Å²) in [6.07, 6.45) is 4.41. The number of carbonyl (C=O) groups is 1. The van der Waals surface area contributed by atoms with Gasteiger partial charge in [0, 0.05) is 10.6 Å². The fourth-order valence-corrected chi connectivity index (χ4v) is 3.67. The summed E-state index contributed by atoms with van der Waals surface area (Å²) in [5.74, 6) is 0.310. The highest BCUT2D eigenvalue weighted by Gasteiger charge is 2.24. The van der Waals surface area contributed by atoms with E-state index in [2.05, 4.69) is 23.2 Å². The fraction of sp³-hybridized carbons (Fsp3) is 0.500. The third-order valence-electron chi connectivity index (χ3n) is 3.19. The molecule has 2 heterocycles. The number of thiazole rings is 1. The second-order valence-corrected chi connectivity index (χ2v) is 5.66. The molecule has 0 bridgehead atoms. The maximum Gasteiger partial charge on any atom is 0.194 e. The van der Waals surface area contributed by atoms with E-state index in [1.807, 2.05) is 0 Å². The van der Waals surface area contributed by atoms with Crippen molar-refractivity contribution in [3.63, 3.8) is 0 Å². The first-order valence-electron chi connectivity index (χ1n) is 5.70. The van der Waals surface area contributed by atoms with Gasteiger partial charge in [-0.2, -0.15) is 0 Å². The van der Waals surface area contributed by atoms with Gasteiger partial charge in [-0.3, -0.25) is 9.20 Å². The molecule has 84 valence electrons. The van der Waals surface area contributed by atoms with Gasteiger partial charge in [0.2, 0.25) is 0 Å². The van der Waals surface area contributed by atoms with Crippen LogP contribution in [0.4, 0.5) is 0 Å². The molecule has 3 nitrogen and oxygen atoms in total. The van der Waals surface area contributed by atoms with E-state index in [0.717, 1.165) is 35.5 Å². The maximum atomic E-state index is 11.2. The fourth-order valence-electron chi connectivity index (χ4n) is 2.45. The molecule has 0 N–H and O–H groups in total. The Morgan fingerprint density at radius 2 is 2.25 bits per heavy atom. The number of aromatic nitrogens is 2. The van der Waals surface area contributed by atoms with Crippen LogP contribution in [0.5, 0.6) is 0 Å². The van der Waals surface area contributed by atoms with Crippen LogP contribution in [0.1, 0.15) is 52.9 Å². The van der Waals surface area contributed by atoms with Crippen LogP contribution in [-0.4, -0.2) is 15.7 Å². The van der Waals surface area contributed by atoms with Crippen LogP contribution in [-0.2, 0) is 12.8 Å². The topological polar surface area (TPSA) is 34.4 Å². The Bertz CT molecular complexity index is 565. The van der Waals surface area contributed by atoms with Gasteiger partial charge in [-0.15, -0.1) is 11.3 Å². The van der Waals surface area contributed by atoms with Gasteiger partial charge in [-0.1, -0.05) is 13.8 Å². The Morgan fingerprint density at radius 3 is 2.94 bits per heavy atom. The summed E-state index contributed by atoms with van der Waals surface area (Å²) in [7, 11) is 0. The van der Waals surface area contributed by atoms with Gasteiger partial charge < -0.3 is 0 Å². The molecule has 0 aliphatic heterocycles. The number of aryl methyl sites for hydroxylation is 2. The van der Waals surface area contributed by atoms with Crippen molar-refractivity contribution < 1.29 is 4.79 Å². The summed E-state index contributed by atoms with van der Waals surface area (Å²) in [5, 5.41) is 0. The van der Waals surface area contributed by atoms with Gasteiger partial charge in [0.15, 0.2) is 11.2 Å². The first-order chi connectivity index (χ1) is 7.72. The Balaban J connectivity index is 2.34. The van der Waals surface area contributed by atoms with E-state index in [9.17, 15) is 4.79 Å². The molecule has 0 saturated carbocycles. The Hall–Kier alpha value is -1.16. The summed E-state index contributed by atoms with van der Waals surface area (Å²) in [6, 6.07) is 0. The van der Waals surface area contributed by atoms with Crippen LogP contribution < -0.4 is 0 Å². The number of fused-ring (bicyclic) bond motifs is 3. The van der Waals surface area contributed by atoms with E-state index in [1.54, 1.807) is 11.3 Å². The van der Waals surface area contributed by atoms with E-state index >= 15 is 0 Å². The highest BCUT2D eigenvalue weighted by atomic mass is 32.1. The van der Waals surface area contributed by atoms with Gasteiger partial charge in [-0.05, 0) is 25.2 Å². The minimum absolute atomic E-state index is 0.310. The number of rotatable bonds is 2. The average molecular weight is 234 g/mol. The van der Waals surface area contributed by atoms with Gasteiger partial charge in [0.05, 0.1) is 5.69 Å². The SMILES string of the molecule is CC(C)c1nc2sc3c(n2c1C=O)CCC3. The summed E-state index contributed by atoms with van der Waals surface area (Å²) >= 11 is 1.75. The second kappa shape index (κ2) is 3.42. The quantitative estimate of drug-likeness (QED) is 0.749. The van der Waals surface area contributed by atoms with Crippen molar-refractivity contribution in [3.05, 3.63) is 22.0 Å². The maximum absolute atomic E-state index is 11.2. The molecule has 0 unspecified atom stereocenters. The Morgan fingerprint density at radius 1 is 1.44 bits per heavy atom. The second-order valence-electron chi connectivity index (χ2n) is 4.60. The lowest BCUT2D eigenvalue weighted by Crippen LogP contribution is -1.99. The van der Waals surface area contributed by atoms with Crippen LogP contribution in [0.25, 0.3) is 4.96 Å². The molecule has 2 aromatic heterocycles. The minimum atomic E-state index is 0.310. The van der Waals surface area contributed by atoms with Gasteiger partial charge in [0.1, 0.15) is 5.69 Å². The average Bonchev–Trinajstić information content (AvgIpc) is 2.84. The van der Waals surface area contributed by atoms with Crippen molar-refractivity contribution in [2.24, 2.45) is 0 Å². The van der Waals surface area contributed by atoms with Crippen molar-refractivity contribution in [1.29, 1.82) is 0 Å². The molecular weight excluding hydrogens is 220 g/mol. The molecule has 0 radical (unpaired) electrons. The van der Waals surface area contributed by atoms with Gasteiger partial charge in [-0.25, -0.2) is 4.98 Å². The zero-order valence-electron chi connectivity index (χ0n) is 9.49. The number of hydrogen-bond acceptors (Lipinski definition) is 3. The smallest absolute Gasteiger partial charge is 0.194 e. The third kappa shape index (κ3) is 1.19. The highest BCUT2D eigenvalue weighted by Crippen LogP contribution is 2.33. The predicted octanol–water partition coefficient (Wildman–Crippen LogP) is 2.82. The van der Waals surface area contributed by atoms with Crippen LogP contribution in [0.3, 0.4) is 0 Å². The van der Waals surface area contributed by atoms with E-state index in [4.69, 9.17) is 0 Å². The Kier molecular flexibility index (Phi) is 2.14. The van der Waals surface area contributed by atoms with Crippen LogP contribution in [0.15, 0.2) is 0 Å². The molecule has 2 aromatic rings. The molecule has 16 heavy (non-hydrogen) atoms. The molecule has 1 aliphatic carbocycles. The monoisotopic (exact) mass is 234 g/mol. The van der Waals surface area contributed by atoms with E-state index in [1.165, 1.54) is 17.0 Å². The first kappa shape index (κ1) is 10.0. The number of aldehydes is 1. The standard InChI is InChI=1S/C12H14N2OS/c1-7(2)11-9(6-15)14-8-4-3-5-10(8)16-12(14)13-11/h6-7H,3-5H2,1-2H3. The number of nitrogens with zero attached hydrogens (tertiary/aromatic N) is 2. The van der Waals surface area contributed by atoms with Crippen molar-refractivity contribution in [2.45, 2.75) is 39.0 Å². The number of imidazole rings is 1. The van der Waals surface area contributed by atoms with Crippen molar-refractivity contribution >= 4 is 22.6 Å². The van der Waals surface area contributed by atoms with Crippen molar-refractivity contribution in [3.8, 4) is 0 Å². The number of hydrogen-bond donors (Lipinski definition) is 0. The van der Waals surface area contributed by atoms with E-state index in [0.29, 0.717) is 5.92 Å². The number of carbonyl (C=O) groups excluding carboxylic acids is 1. The molecule has 0 spiro atoms. The predicted molar refractivity (Wildman–Crippen MR) is 64.6 cm³/mol. The summed E-state index contributed by atoms with van der Waals surface area (Å²) in [4.78, 5) is 18.3. The molecule has 3 rings (SSSR count). The summed E-state index contributed by atoms with van der Waals surface area (Å²) < 4.78 is 2.08. The van der Waals surface area contributed by atoms with Crippen molar-refractivity contribution in [2.75, 3.05) is 0 Å². The third-order valence-corrected chi connectivity index (χ3v) is 4.34. The van der Waals surface area contributed by atoms with Crippen LogP contribution in [0.2, 0.25) is 0 Å². The molecular formula is C12H14N2OS. The molecule has 1 aliphatic rings. The molecule has 0 atom stereocenters. The molecule has 0 amide bonds. The zero-order chi connectivity index (χ0) is 11.3. The largest absolute Gasteiger partial charge is 0.296 e. The normalized spacial score (nSPS) is 14.9. The minimum Gasteiger partial charge on any atom is -0.296 e. The van der Waals surface area contributed by atoms with Gasteiger partial charge >= 0.3 is 0 Å². The molecule has 0 aromatic carbocycles.